The third kappa shape index (κ3) is 6.15. The van der Waals surface area contributed by atoms with E-state index in [0.29, 0.717) is 37.5 Å². The molecule has 0 radical (unpaired) electrons. The quantitative estimate of drug-likeness (QED) is 0.714. The van der Waals surface area contributed by atoms with E-state index in [1.807, 2.05) is 0 Å². The van der Waals surface area contributed by atoms with E-state index in [1.165, 1.54) is 19.1 Å². The monoisotopic (exact) mass is 422 g/mol. The van der Waals surface area contributed by atoms with Crippen LogP contribution in [-0.2, 0) is 4.79 Å². The topological polar surface area (TPSA) is 73.2 Å². The lowest BCUT2D eigenvalue weighted by atomic mass is 9.93. The van der Waals surface area contributed by atoms with Gasteiger partial charge in [0.2, 0.25) is 5.91 Å². The summed E-state index contributed by atoms with van der Waals surface area (Å²) in [6.45, 7) is 5.20. The van der Waals surface area contributed by atoms with Gasteiger partial charge in [0.1, 0.15) is 23.8 Å². The first-order chi connectivity index (χ1) is 14.2. The molecule has 6 nitrogen and oxygen atoms in total. The van der Waals surface area contributed by atoms with Crippen molar-refractivity contribution >= 4 is 5.91 Å². The second-order valence-corrected chi connectivity index (χ2v) is 9.21. The molecule has 1 saturated heterocycles. The number of hydrogen-bond donors (Lipinski definition) is 2. The lowest BCUT2D eigenvalue weighted by Gasteiger charge is -2.36. The number of ether oxygens (including phenoxy) is 1. The van der Waals surface area contributed by atoms with Crippen LogP contribution in [0.5, 0.6) is 5.75 Å². The third-order valence-corrected chi connectivity index (χ3v) is 6.32. The van der Waals surface area contributed by atoms with E-state index in [-0.39, 0.29) is 24.9 Å². The minimum atomic E-state index is -1.29. The number of aliphatic hydroxyl groups is 2. The zero-order valence-electron chi connectivity index (χ0n) is 18.2. The summed E-state index contributed by atoms with van der Waals surface area (Å²) in [5.74, 6) is 0.0806. The van der Waals surface area contributed by atoms with Crippen LogP contribution in [0, 0.1) is 12.7 Å². The van der Waals surface area contributed by atoms with Crippen LogP contribution in [0.2, 0.25) is 0 Å². The SMILES string of the molecule is CC(=O)N1CCN(CC2(O)CCCCCC2)CC(O)(COc2ccc(F)c(C)c2)C1. The Morgan fingerprint density at radius 3 is 2.43 bits per heavy atom. The number of amides is 1. The number of nitrogens with zero attached hydrogens (tertiary/aromatic N) is 2. The molecule has 2 aliphatic rings. The summed E-state index contributed by atoms with van der Waals surface area (Å²) in [4.78, 5) is 15.8. The summed E-state index contributed by atoms with van der Waals surface area (Å²) in [6.07, 6.45) is 5.86. The minimum Gasteiger partial charge on any atom is -0.490 e. The fourth-order valence-corrected chi connectivity index (χ4v) is 4.62. The van der Waals surface area contributed by atoms with Crippen LogP contribution >= 0.6 is 0 Å². The summed E-state index contributed by atoms with van der Waals surface area (Å²) < 4.78 is 19.3. The van der Waals surface area contributed by atoms with Gasteiger partial charge < -0.3 is 19.8 Å². The van der Waals surface area contributed by atoms with Crippen LogP contribution in [0.4, 0.5) is 4.39 Å². The molecule has 0 bridgehead atoms. The van der Waals surface area contributed by atoms with Crippen molar-refractivity contribution in [3.8, 4) is 5.75 Å². The first-order valence-corrected chi connectivity index (χ1v) is 11.0. The molecule has 1 aromatic rings. The van der Waals surface area contributed by atoms with E-state index in [0.717, 1.165) is 38.5 Å². The summed E-state index contributed by atoms with van der Waals surface area (Å²) in [6, 6.07) is 4.48. The van der Waals surface area contributed by atoms with Crippen molar-refractivity contribution in [2.75, 3.05) is 39.3 Å². The molecule has 1 unspecified atom stereocenters. The molecule has 1 amide bonds. The van der Waals surface area contributed by atoms with Crippen molar-refractivity contribution in [1.82, 2.24) is 9.80 Å². The normalized spacial score (nSPS) is 25.4. The molecule has 1 saturated carbocycles. The predicted octanol–water partition coefficient (Wildman–Crippen LogP) is 2.49. The summed E-state index contributed by atoms with van der Waals surface area (Å²) in [5, 5.41) is 22.5. The molecule has 2 N–H and O–H groups in total. The van der Waals surface area contributed by atoms with E-state index in [1.54, 1.807) is 17.9 Å². The van der Waals surface area contributed by atoms with Gasteiger partial charge in [0.15, 0.2) is 0 Å². The average molecular weight is 423 g/mol. The van der Waals surface area contributed by atoms with E-state index < -0.39 is 11.2 Å². The standard InChI is InChI=1S/C23H35FN2O4/c1-18-13-20(7-8-21(18)24)30-17-23(29)15-25(11-12-26(16-23)19(2)27)14-22(28)9-5-3-4-6-10-22/h7-8,13,28-29H,3-6,9-12,14-17H2,1-2H3. The molecule has 30 heavy (non-hydrogen) atoms. The van der Waals surface area contributed by atoms with E-state index >= 15 is 0 Å². The van der Waals surface area contributed by atoms with Gasteiger partial charge in [-0.3, -0.25) is 9.69 Å². The Balaban J connectivity index is 1.72. The summed E-state index contributed by atoms with van der Waals surface area (Å²) >= 11 is 0. The fraction of sp³-hybridized carbons (Fsp3) is 0.696. The maximum absolute atomic E-state index is 13.5. The summed E-state index contributed by atoms with van der Waals surface area (Å²) in [5.41, 5.74) is -1.56. The van der Waals surface area contributed by atoms with Crippen LogP contribution in [0.25, 0.3) is 0 Å². The highest BCUT2D eigenvalue weighted by Crippen LogP contribution is 2.29. The van der Waals surface area contributed by atoms with Crippen molar-refractivity contribution in [1.29, 1.82) is 0 Å². The van der Waals surface area contributed by atoms with Crippen molar-refractivity contribution in [2.24, 2.45) is 0 Å². The highest BCUT2D eigenvalue weighted by molar-refractivity contribution is 5.73. The second kappa shape index (κ2) is 9.62. The predicted molar refractivity (Wildman–Crippen MR) is 113 cm³/mol. The Labute approximate surface area is 178 Å². The second-order valence-electron chi connectivity index (χ2n) is 9.21. The Bertz CT molecular complexity index is 736. The molecular weight excluding hydrogens is 387 g/mol. The number of carbonyl (C=O) groups is 1. The molecule has 0 aromatic heterocycles. The number of benzene rings is 1. The van der Waals surface area contributed by atoms with Crippen LogP contribution in [0.3, 0.4) is 0 Å². The zero-order valence-corrected chi connectivity index (χ0v) is 18.2. The number of halogens is 1. The number of aryl methyl sites for hydroxylation is 1. The Morgan fingerprint density at radius 1 is 1.10 bits per heavy atom. The van der Waals surface area contributed by atoms with Crippen molar-refractivity contribution in [2.45, 2.75) is 63.6 Å². The van der Waals surface area contributed by atoms with Crippen LogP contribution in [0.1, 0.15) is 51.0 Å². The number of β-amino-alcohol motifs (C(OH)–C–C–N with tert-alkyl or cyclic N) is 2. The number of carbonyl (C=O) groups excluding carboxylic acids is 1. The van der Waals surface area contributed by atoms with Gasteiger partial charge >= 0.3 is 0 Å². The van der Waals surface area contributed by atoms with Gasteiger partial charge in [0, 0.05) is 33.1 Å². The van der Waals surface area contributed by atoms with Crippen molar-refractivity contribution < 1.29 is 24.1 Å². The van der Waals surface area contributed by atoms with Gasteiger partial charge in [0.25, 0.3) is 0 Å². The molecule has 1 atom stereocenters. The lowest BCUT2D eigenvalue weighted by molar-refractivity contribution is -0.132. The molecule has 168 valence electrons. The zero-order chi connectivity index (χ0) is 21.8. The largest absolute Gasteiger partial charge is 0.490 e. The number of rotatable bonds is 5. The molecule has 2 fully saturated rings. The fourth-order valence-electron chi connectivity index (χ4n) is 4.62. The molecule has 0 spiro atoms. The van der Waals surface area contributed by atoms with Crippen molar-refractivity contribution in [3.63, 3.8) is 0 Å². The molecule has 3 rings (SSSR count). The highest BCUT2D eigenvalue weighted by atomic mass is 19.1. The lowest BCUT2D eigenvalue weighted by Crippen LogP contribution is -2.54. The highest BCUT2D eigenvalue weighted by Gasteiger charge is 2.39. The van der Waals surface area contributed by atoms with E-state index in [4.69, 9.17) is 4.74 Å². The maximum atomic E-state index is 13.5. The Hall–Kier alpha value is -1.70. The average Bonchev–Trinajstić information content (AvgIpc) is 2.99. The molecule has 7 heteroatoms. The van der Waals surface area contributed by atoms with Crippen molar-refractivity contribution in [3.05, 3.63) is 29.6 Å². The van der Waals surface area contributed by atoms with Crippen LogP contribution in [-0.4, -0.2) is 76.5 Å². The van der Waals surface area contributed by atoms with Gasteiger partial charge in [-0.2, -0.15) is 0 Å². The molecular formula is C23H35FN2O4. The first-order valence-electron chi connectivity index (χ1n) is 11.0. The van der Waals surface area contributed by atoms with Gasteiger partial charge in [-0.25, -0.2) is 4.39 Å². The first kappa shape index (κ1) is 23.0. The summed E-state index contributed by atoms with van der Waals surface area (Å²) in [7, 11) is 0. The minimum absolute atomic E-state index is 0.0171. The van der Waals surface area contributed by atoms with Gasteiger partial charge in [-0.15, -0.1) is 0 Å². The molecule has 1 aliphatic heterocycles. The molecule has 1 aromatic carbocycles. The third-order valence-electron chi connectivity index (χ3n) is 6.32. The van der Waals surface area contributed by atoms with Gasteiger partial charge in [0.05, 0.1) is 12.1 Å². The molecule has 1 aliphatic carbocycles. The van der Waals surface area contributed by atoms with Crippen LogP contribution < -0.4 is 4.74 Å². The van der Waals surface area contributed by atoms with E-state index in [2.05, 4.69) is 4.90 Å². The Morgan fingerprint density at radius 2 is 1.80 bits per heavy atom. The van der Waals surface area contributed by atoms with E-state index in [9.17, 15) is 19.4 Å². The number of hydrogen-bond acceptors (Lipinski definition) is 5. The maximum Gasteiger partial charge on any atom is 0.219 e. The Kier molecular flexibility index (Phi) is 7.37. The van der Waals surface area contributed by atoms with Gasteiger partial charge in [-0.05, 0) is 43.5 Å². The van der Waals surface area contributed by atoms with Crippen LogP contribution in [0.15, 0.2) is 18.2 Å². The molecule has 1 heterocycles. The smallest absolute Gasteiger partial charge is 0.219 e. The van der Waals surface area contributed by atoms with Gasteiger partial charge in [-0.1, -0.05) is 25.7 Å².